The second-order valence-electron chi connectivity index (χ2n) is 5.02. The van der Waals surface area contributed by atoms with Crippen LogP contribution in [-0.4, -0.2) is 84.8 Å². The van der Waals surface area contributed by atoms with E-state index in [1.807, 2.05) is 0 Å². The molecule has 1 saturated heterocycles. The molecule has 0 bridgehead atoms. The van der Waals surface area contributed by atoms with Crippen molar-refractivity contribution in [1.29, 1.82) is 0 Å². The molecule has 1 aliphatic heterocycles. The van der Waals surface area contributed by atoms with Crippen LogP contribution in [0.3, 0.4) is 0 Å². The largest absolute Gasteiger partial charge is 3.00 e. The number of carbonyl (C=O) groups excluding carboxylic acids is 3. The Kier molecular flexibility index (Phi) is 10.4. The molecule has 131 valence electrons. The SMILES string of the molecule is CC1CN(C(=O)[O-])CCN(C(=O)[O-])CCNCCN1C(=O)[O-].[Gd+3]. The molecule has 0 aliphatic carbocycles. The van der Waals surface area contributed by atoms with Gasteiger partial charge in [0, 0.05) is 51.9 Å². The zero-order chi connectivity index (χ0) is 16.7. The molecule has 1 radical (unpaired) electrons. The van der Waals surface area contributed by atoms with Gasteiger partial charge in [0.15, 0.2) is 0 Å². The fraction of sp³-hybridized carbons (Fsp3) is 0.750. The Morgan fingerprint density at radius 2 is 1.39 bits per heavy atom. The first-order valence-corrected chi connectivity index (χ1v) is 6.93. The normalized spacial score (nSPS) is 20.7. The number of amides is 3. The van der Waals surface area contributed by atoms with Crippen molar-refractivity contribution in [2.45, 2.75) is 13.0 Å². The molecule has 10 nitrogen and oxygen atoms in total. The van der Waals surface area contributed by atoms with Crippen molar-refractivity contribution in [1.82, 2.24) is 20.0 Å². The van der Waals surface area contributed by atoms with Gasteiger partial charge in [0.1, 0.15) is 18.3 Å². The Bertz CT molecular complexity index is 424. The zero-order valence-corrected chi connectivity index (χ0v) is 14.9. The average Bonchev–Trinajstić information content (AvgIpc) is 2.41. The summed E-state index contributed by atoms with van der Waals surface area (Å²) < 4.78 is 0. The predicted octanol–water partition coefficient (Wildman–Crippen LogP) is -4.09. The molecule has 0 aromatic heterocycles. The fourth-order valence-corrected chi connectivity index (χ4v) is 2.24. The van der Waals surface area contributed by atoms with E-state index in [0.29, 0.717) is 13.1 Å². The second kappa shape index (κ2) is 10.8. The van der Waals surface area contributed by atoms with Gasteiger partial charge in [-0.05, 0) is 6.92 Å². The number of carboxylic acid groups (broad SMARTS) is 3. The number of hydrogen-bond donors (Lipinski definition) is 1. The Morgan fingerprint density at radius 3 is 1.91 bits per heavy atom. The first-order chi connectivity index (χ1) is 10.3. The third-order valence-electron chi connectivity index (χ3n) is 3.50. The summed E-state index contributed by atoms with van der Waals surface area (Å²) >= 11 is 0. The monoisotopic (exact) mass is 473 g/mol. The Balaban J connectivity index is 0.00000484. The molecule has 0 aromatic rings. The van der Waals surface area contributed by atoms with Crippen LogP contribution in [0.2, 0.25) is 0 Å². The molecule has 0 aromatic carbocycles. The van der Waals surface area contributed by atoms with Gasteiger partial charge in [-0.1, -0.05) is 0 Å². The topological polar surface area (TPSA) is 142 Å². The summed E-state index contributed by atoms with van der Waals surface area (Å²) in [5.41, 5.74) is 0. The number of hydrogen-bond acceptors (Lipinski definition) is 7. The first-order valence-electron chi connectivity index (χ1n) is 6.93. The molecular weight excluding hydrogens is 453 g/mol. The van der Waals surface area contributed by atoms with Crippen LogP contribution in [0.4, 0.5) is 14.4 Å². The fourth-order valence-electron chi connectivity index (χ4n) is 2.24. The maximum Gasteiger partial charge on any atom is 3.00 e. The van der Waals surface area contributed by atoms with Crippen molar-refractivity contribution >= 4 is 18.3 Å². The van der Waals surface area contributed by atoms with Crippen molar-refractivity contribution in [3.63, 3.8) is 0 Å². The van der Waals surface area contributed by atoms with Crippen LogP contribution < -0.4 is 20.6 Å². The molecule has 1 heterocycles. The van der Waals surface area contributed by atoms with Crippen molar-refractivity contribution in [2.75, 3.05) is 45.8 Å². The van der Waals surface area contributed by atoms with E-state index in [9.17, 15) is 29.7 Å². The van der Waals surface area contributed by atoms with Gasteiger partial charge < -0.3 is 49.7 Å². The molecule has 0 saturated carbocycles. The van der Waals surface area contributed by atoms with E-state index >= 15 is 0 Å². The van der Waals surface area contributed by atoms with Crippen molar-refractivity contribution in [2.24, 2.45) is 0 Å². The minimum atomic E-state index is -1.49. The molecule has 1 rings (SSSR count). The second-order valence-corrected chi connectivity index (χ2v) is 5.02. The maximum absolute atomic E-state index is 11.1. The molecule has 1 unspecified atom stereocenters. The molecule has 1 N–H and O–H groups in total. The van der Waals surface area contributed by atoms with Gasteiger partial charge in [0.2, 0.25) is 0 Å². The quantitative estimate of drug-likeness (QED) is 0.378. The summed E-state index contributed by atoms with van der Waals surface area (Å²) in [6.07, 6.45) is -4.26. The van der Waals surface area contributed by atoms with Crippen LogP contribution in [0.5, 0.6) is 0 Å². The molecule has 11 heteroatoms. The smallest absolute Gasteiger partial charge is 0.530 e. The summed E-state index contributed by atoms with van der Waals surface area (Å²) in [7, 11) is 0. The summed E-state index contributed by atoms with van der Waals surface area (Å²) in [6.45, 7) is 2.04. The van der Waals surface area contributed by atoms with E-state index in [2.05, 4.69) is 5.32 Å². The van der Waals surface area contributed by atoms with Gasteiger partial charge in [0.25, 0.3) is 0 Å². The van der Waals surface area contributed by atoms with Crippen LogP contribution in [0.15, 0.2) is 0 Å². The first kappa shape index (κ1) is 22.1. The van der Waals surface area contributed by atoms with E-state index in [0.717, 1.165) is 14.7 Å². The predicted molar refractivity (Wildman–Crippen MR) is 68.4 cm³/mol. The minimum absolute atomic E-state index is 0. The third kappa shape index (κ3) is 7.47. The van der Waals surface area contributed by atoms with Gasteiger partial charge >= 0.3 is 39.9 Å². The van der Waals surface area contributed by atoms with Gasteiger partial charge in [-0.15, -0.1) is 0 Å². The van der Waals surface area contributed by atoms with Gasteiger partial charge in [-0.2, -0.15) is 0 Å². The summed E-state index contributed by atoms with van der Waals surface area (Å²) in [5, 5.41) is 36.1. The van der Waals surface area contributed by atoms with E-state index < -0.39 is 24.3 Å². The molecule has 1 fully saturated rings. The van der Waals surface area contributed by atoms with Gasteiger partial charge in [0.05, 0.1) is 0 Å². The molecule has 0 spiro atoms. The van der Waals surface area contributed by atoms with Crippen LogP contribution in [0, 0.1) is 39.9 Å². The number of rotatable bonds is 0. The number of nitrogens with zero attached hydrogens (tertiary/aromatic N) is 3. The van der Waals surface area contributed by atoms with Crippen molar-refractivity contribution in [3.8, 4) is 0 Å². The van der Waals surface area contributed by atoms with Gasteiger partial charge in [-0.3, -0.25) is 0 Å². The Hall–Kier alpha value is -0.905. The van der Waals surface area contributed by atoms with Crippen molar-refractivity contribution < 1.29 is 69.6 Å². The third-order valence-corrected chi connectivity index (χ3v) is 3.50. The number of carbonyl (C=O) groups is 3. The van der Waals surface area contributed by atoms with E-state index in [4.69, 9.17) is 0 Å². The maximum atomic E-state index is 11.1. The molecule has 23 heavy (non-hydrogen) atoms. The Labute approximate surface area is 166 Å². The van der Waals surface area contributed by atoms with E-state index in [1.165, 1.54) is 0 Å². The van der Waals surface area contributed by atoms with Crippen LogP contribution in [0.25, 0.3) is 0 Å². The van der Waals surface area contributed by atoms with Crippen molar-refractivity contribution in [3.05, 3.63) is 0 Å². The van der Waals surface area contributed by atoms with Crippen LogP contribution >= 0.6 is 0 Å². The summed E-state index contributed by atoms with van der Waals surface area (Å²) in [4.78, 5) is 36.1. The number of nitrogens with one attached hydrogen (secondary N) is 1. The summed E-state index contributed by atoms with van der Waals surface area (Å²) in [6, 6.07) is -0.638. The molecule has 3 amide bonds. The zero-order valence-electron chi connectivity index (χ0n) is 12.7. The van der Waals surface area contributed by atoms with Crippen LogP contribution in [0.1, 0.15) is 6.92 Å². The Morgan fingerprint density at radius 1 is 0.870 bits per heavy atom. The molecular formula is C12H19GdN4O6. The van der Waals surface area contributed by atoms with E-state index in [-0.39, 0.29) is 72.7 Å². The summed E-state index contributed by atoms with van der Waals surface area (Å²) in [5.74, 6) is 0. The molecule has 1 aliphatic rings. The standard InChI is InChI=1S/C12H22N4O6.Gd/c1-9-8-15(11(19)20)7-6-14(10(17)18)4-2-13-3-5-16(9)12(21)22;/h9,13H,2-8H2,1H3,(H,17,18)(H,19,20)(H,21,22);/q;+3/p-3. The van der Waals surface area contributed by atoms with E-state index in [1.54, 1.807) is 6.92 Å². The van der Waals surface area contributed by atoms with Gasteiger partial charge in [-0.25, -0.2) is 0 Å². The molecule has 1 atom stereocenters. The van der Waals surface area contributed by atoms with Crippen LogP contribution in [-0.2, 0) is 0 Å². The average molecular weight is 473 g/mol. The minimum Gasteiger partial charge on any atom is -0.530 e.